The number of benzene rings is 2. The Bertz CT molecular complexity index is 917. The number of amides is 1. The van der Waals surface area contributed by atoms with Gasteiger partial charge in [0.1, 0.15) is 11.4 Å². The first-order valence-corrected chi connectivity index (χ1v) is 8.39. The summed E-state index contributed by atoms with van der Waals surface area (Å²) in [6, 6.07) is 14.1. The Hall–Kier alpha value is -3.61. The molecule has 1 heterocycles. The Morgan fingerprint density at radius 2 is 1.85 bits per heavy atom. The number of methoxy groups -OCH3 is 1. The predicted molar refractivity (Wildman–Crippen MR) is 102 cm³/mol. The lowest BCUT2D eigenvalue weighted by Crippen LogP contribution is -2.24. The number of carbonyl (C=O) groups excluding carboxylic acids is 2. The van der Waals surface area contributed by atoms with E-state index in [9.17, 15) is 9.59 Å². The maximum atomic E-state index is 12.2. The quantitative estimate of drug-likeness (QED) is 0.628. The zero-order valence-electron chi connectivity index (χ0n) is 15.0. The molecule has 2 aromatic carbocycles. The summed E-state index contributed by atoms with van der Waals surface area (Å²) in [6.45, 7) is 2.01. The third-order valence-corrected chi connectivity index (χ3v) is 3.79. The van der Waals surface area contributed by atoms with Gasteiger partial charge in [0.25, 0.3) is 5.91 Å². The standard InChI is InChI=1S/C20H19N3O4/c1-3-27-19(25)15-6-4-5-7-16(15)21-20-22-17(18(24)23-20)12-13-8-10-14(26-2)11-9-13/h4-12H,3H2,1-2H3,(H2,21,22,23,24). The van der Waals surface area contributed by atoms with Crippen LogP contribution in [-0.4, -0.2) is 31.6 Å². The number of carbonyl (C=O) groups is 2. The lowest BCUT2D eigenvalue weighted by molar-refractivity contribution is -0.115. The number of para-hydroxylation sites is 1. The number of rotatable bonds is 5. The first kappa shape index (κ1) is 18.2. The topological polar surface area (TPSA) is 89.0 Å². The molecule has 0 atom stereocenters. The summed E-state index contributed by atoms with van der Waals surface area (Å²) in [6.07, 6.45) is 1.70. The van der Waals surface area contributed by atoms with E-state index in [4.69, 9.17) is 9.47 Å². The molecule has 0 saturated carbocycles. The van der Waals surface area contributed by atoms with E-state index < -0.39 is 5.97 Å². The van der Waals surface area contributed by atoms with Gasteiger partial charge in [-0.25, -0.2) is 9.79 Å². The normalized spacial score (nSPS) is 16.1. The van der Waals surface area contributed by atoms with Gasteiger partial charge in [-0.05, 0) is 42.8 Å². The second kappa shape index (κ2) is 8.18. The Balaban J connectivity index is 1.83. The van der Waals surface area contributed by atoms with Gasteiger partial charge in [-0.1, -0.05) is 24.3 Å². The SMILES string of the molecule is CCOC(=O)c1ccccc1N=C1NC(=O)C(=Cc2ccc(OC)cc2)N1. The summed E-state index contributed by atoms with van der Waals surface area (Å²) in [5, 5.41) is 5.58. The van der Waals surface area contributed by atoms with Crippen LogP contribution in [0.15, 0.2) is 59.2 Å². The predicted octanol–water partition coefficient (Wildman–Crippen LogP) is 2.62. The molecular weight excluding hydrogens is 346 g/mol. The van der Waals surface area contributed by atoms with Crippen molar-refractivity contribution in [3.63, 3.8) is 0 Å². The smallest absolute Gasteiger partial charge is 0.340 e. The average Bonchev–Trinajstić information content (AvgIpc) is 3.02. The zero-order valence-corrected chi connectivity index (χ0v) is 15.0. The Morgan fingerprint density at radius 1 is 1.11 bits per heavy atom. The van der Waals surface area contributed by atoms with Crippen molar-refractivity contribution in [3.05, 3.63) is 65.4 Å². The van der Waals surface area contributed by atoms with Crippen molar-refractivity contribution in [1.29, 1.82) is 0 Å². The molecule has 2 aromatic rings. The van der Waals surface area contributed by atoms with Crippen LogP contribution in [0.3, 0.4) is 0 Å². The highest BCUT2D eigenvalue weighted by atomic mass is 16.5. The molecule has 7 heteroatoms. The fourth-order valence-corrected chi connectivity index (χ4v) is 2.49. The number of aliphatic imine (C=N–C) groups is 1. The zero-order chi connectivity index (χ0) is 19.2. The average molecular weight is 365 g/mol. The summed E-state index contributed by atoms with van der Waals surface area (Å²) in [5.74, 6) is 0.212. The second-order valence-electron chi connectivity index (χ2n) is 5.61. The summed E-state index contributed by atoms with van der Waals surface area (Å²) in [5.41, 5.74) is 1.93. The Morgan fingerprint density at radius 3 is 2.56 bits per heavy atom. The maximum Gasteiger partial charge on any atom is 0.340 e. The molecule has 2 N–H and O–H groups in total. The van der Waals surface area contributed by atoms with E-state index in [2.05, 4.69) is 15.6 Å². The van der Waals surface area contributed by atoms with Crippen molar-refractivity contribution in [2.75, 3.05) is 13.7 Å². The Kier molecular flexibility index (Phi) is 5.51. The first-order valence-electron chi connectivity index (χ1n) is 8.39. The number of esters is 1. The highest BCUT2D eigenvalue weighted by Gasteiger charge is 2.22. The highest BCUT2D eigenvalue weighted by molar-refractivity contribution is 6.16. The minimum Gasteiger partial charge on any atom is -0.497 e. The molecule has 7 nitrogen and oxygen atoms in total. The Labute approximate surface area is 156 Å². The molecule has 1 fully saturated rings. The van der Waals surface area contributed by atoms with Gasteiger partial charge in [-0.2, -0.15) is 0 Å². The molecular formula is C20H19N3O4. The van der Waals surface area contributed by atoms with Crippen LogP contribution < -0.4 is 15.4 Å². The van der Waals surface area contributed by atoms with Crippen LogP contribution in [0.25, 0.3) is 6.08 Å². The number of guanidine groups is 1. The summed E-state index contributed by atoms with van der Waals surface area (Å²) < 4.78 is 10.2. The molecule has 27 heavy (non-hydrogen) atoms. The van der Waals surface area contributed by atoms with E-state index in [1.54, 1.807) is 44.4 Å². The van der Waals surface area contributed by atoms with Crippen molar-refractivity contribution in [2.45, 2.75) is 6.92 Å². The van der Waals surface area contributed by atoms with Crippen molar-refractivity contribution in [2.24, 2.45) is 4.99 Å². The van der Waals surface area contributed by atoms with Crippen LogP contribution in [0.4, 0.5) is 5.69 Å². The molecule has 0 aromatic heterocycles. The first-order chi connectivity index (χ1) is 13.1. The van der Waals surface area contributed by atoms with Crippen molar-refractivity contribution >= 4 is 29.6 Å². The van der Waals surface area contributed by atoms with Crippen LogP contribution in [0, 0.1) is 0 Å². The third kappa shape index (κ3) is 4.33. The van der Waals surface area contributed by atoms with Crippen LogP contribution >= 0.6 is 0 Å². The van der Waals surface area contributed by atoms with Gasteiger partial charge in [0, 0.05) is 0 Å². The maximum absolute atomic E-state index is 12.2. The third-order valence-electron chi connectivity index (χ3n) is 3.79. The molecule has 3 rings (SSSR count). The van der Waals surface area contributed by atoms with Gasteiger partial charge in [0.05, 0.1) is 25.0 Å². The number of nitrogens with zero attached hydrogens (tertiary/aromatic N) is 1. The molecule has 1 aliphatic heterocycles. The molecule has 0 radical (unpaired) electrons. The van der Waals surface area contributed by atoms with Gasteiger partial charge in [-0.15, -0.1) is 0 Å². The number of hydrogen-bond donors (Lipinski definition) is 2. The summed E-state index contributed by atoms with van der Waals surface area (Å²) in [4.78, 5) is 28.6. The van der Waals surface area contributed by atoms with Crippen molar-refractivity contribution in [1.82, 2.24) is 10.6 Å². The highest BCUT2D eigenvalue weighted by Crippen LogP contribution is 2.21. The monoisotopic (exact) mass is 365 g/mol. The van der Waals surface area contributed by atoms with Gasteiger partial charge >= 0.3 is 5.97 Å². The summed E-state index contributed by atoms with van der Waals surface area (Å²) in [7, 11) is 1.59. The number of nitrogens with one attached hydrogen (secondary N) is 2. The van der Waals surface area contributed by atoms with Crippen molar-refractivity contribution < 1.29 is 19.1 Å². The fourth-order valence-electron chi connectivity index (χ4n) is 2.49. The molecule has 0 unspecified atom stereocenters. The molecule has 0 spiro atoms. The van der Waals surface area contributed by atoms with Gasteiger partial charge in [-0.3, -0.25) is 10.1 Å². The van der Waals surface area contributed by atoms with E-state index in [1.807, 2.05) is 24.3 Å². The van der Waals surface area contributed by atoms with Gasteiger partial charge in [0.2, 0.25) is 5.96 Å². The van der Waals surface area contributed by atoms with Crippen molar-refractivity contribution in [3.8, 4) is 5.75 Å². The van der Waals surface area contributed by atoms with E-state index in [0.717, 1.165) is 11.3 Å². The lowest BCUT2D eigenvalue weighted by Gasteiger charge is -2.05. The van der Waals surface area contributed by atoms with Gasteiger partial charge < -0.3 is 14.8 Å². The molecule has 0 bridgehead atoms. The number of hydrogen-bond acceptors (Lipinski definition) is 5. The molecule has 1 saturated heterocycles. The van der Waals surface area contributed by atoms with Crippen LogP contribution in [0.2, 0.25) is 0 Å². The van der Waals surface area contributed by atoms with E-state index >= 15 is 0 Å². The fraction of sp³-hybridized carbons (Fsp3) is 0.150. The lowest BCUT2D eigenvalue weighted by atomic mass is 10.2. The molecule has 138 valence electrons. The second-order valence-corrected chi connectivity index (χ2v) is 5.61. The number of ether oxygens (including phenoxy) is 2. The summed E-state index contributed by atoms with van der Waals surface area (Å²) >= 11 is 0. The largest absolute Gasteiger partial charge is 0.497 e. The minimum absolute atomic E-state index is 0.247. The van der Waals surface area contributed by atoms with E-state index in [-0.39, 0.29) is 18.5 Å². The minimum atomic E-state index is -0.462. The molecule has 0 aliphatic carbocycles. The van der Waals surface area contributed by atoms with Crippen LogP contribution in [-0.2, 0) is 9.53 Å². The molecule has 1 aliphatic rings. The van der Waals surface area contributed by atoms with Crippen LogP contribution in [0.1, 0.15) is 22.8 Å². The van der Waals surface area contributed by atoms with Gasteiger partial charge in [0.15, 0.2) is 0 Å². The molecule has 1 amide bonds. The van der Waals surface area contributed by atoms with E-state index in [1.165, 1.54) is 0 Å². The van der Waals surface area contributed by atoms with Crippen LogP contribution in [0.5, 0.6) is 5.75 Å². The van der Waals surface area contributed by atoms with E-state index in [0.29, 0.717) is 16.9 Å².